The highest BCUT2D eigenvalue weighted by Crippen LogP contribution is 2.36. The number of benzene rings is 1. The van der Waals surface area contributed by atoms with E-state index in [4.69, 9.17) is 17.0 Å². The normalized spacial score (nSPS) is 29.1. The second-order valence-electron chi connectivity index (χ2n) is 3.47. The molecule has 2 atom stereocenters. The minimum absolute atomic E-state index is 0.227. The van der Waals surface area contributed by atoms with Crippen LogP contribution in [-0.4, -0.2) is 11.3 Å². The summed E-state index contributed by atoms with van der Waals surface area (Å²) >= 11 is 4.97. The first-order valence-electron chi connectivity index (χ1n) is 4.39. The Labute approximate surface area is 81.9 Å². The molecule has 0 amide bonds. The van der Waals surface area contributed by atoms with Gasteiger partial charge in [0.1, 0.15) is 6.10 Å². The van der Waals surface area contributed by atoms with Gasteiger partial charge in [0.25, 0.3) is 5.17 Å². The number of nitrogens with one attached hydrogen (secondary N) is 1. The van der Waals surface area contributed by atoms with Gasteiger partial charge in [0.15, 0.2) is 0 Å². The summed E-state index contributed by atoms with van der Waals surface area (Å²) in [5.74, 6) is 0. The van der Waals surface area contributed by atoms with E-state index in [2.05, 4.69) is 29.6 Å². The lowest BCUT2D eigenvalue weighted by atomic mass is 10.1. The Morgan fingerprint density at radius 2 is 2.23 bits per heavy atom. The van der Waals surface area contributed by atoms with Gasteiger partial charge in [-0.25, -0.2) is 0 Å². The average molecular weight is 191 g/mol. The molecule has 0 unspecified atom stereocenters. The van der Waals surface area contributed by atoms with Crippen molar-refractivity contribution in [3.8, 4) is 0 Å². The van der Waals surface area contributed by atoms with Crippen LogP contribution in [0.15, 0.2) is 24.3 Å². The summed E-state index contributed by atoms with van der Waals surface area (Å²) in [6, 6.07) is 8.72. The van der Waals surface area contributed by atoms with Crippen molar-refractivity contribution in [2.24, 2.45) is 0 Å². The van der Waals surface area contributed by atoms with E-state index >= 15 is 0 Å². The second kappa shape index (κ2) is 2.45. The molecule has 13 heavy (non-hydrogen) atoms. The molecule has 2 nitrogen and oxygen atoms in total. The zero-order valence-corrected chi connectivity index (χ0v) is 7.80. The number of thiocarbonyl (C=S) groups is 1. The van der Waals surface area contributed by atoms with Crippen molar-refractivity contribution in [3.05, 3.63) is 35.4 Å². The third-order valence-corrected chi connectivity index (χ3v) is 2.93. The first kappa shape index (κ1) is 7.33. The van der Waals surface area contributed by atoms with E-state index in [0.717, 1.165) is 6.42 Å². The molecular weight excluding hydrogens is 182 g/mol. The molecule has 0 saturated carbocycles. The van der Waals surface area contributed by atoms with Crippen LogP contribution in [0.2, 0.25) is 0 Å². The molecule has 1 aromatic rings. The molecule has 3 heteroatoms. The van der Waals surface area contributed by atoms with Gasteiger partial charge in [-0.1, -0.05) is 24.3 Å². The van der Waals surface area contributed by atoms with E-state index in [-0.39, 0.29) is 6.10 Å². The number of hydrogen-bond acceptors (Lipinski definition) is 2. The highest BCUT2D eigenvalue weighted by atomic mass is 32.1. The van der Waals surface area contributed by atoms with Gasteiger partial charge in [-0.15, -0.1) is 0 Å². The predicted molar refractivity (Wildman–Crippen MR) is 53.5 cm³/mol. The maximum absolute atomic E-state index is 5.49. The fourth-order valence-electron chi connectivity index (χ4n) is 2.14. The van der Waals surface area contributed by atoms with Gasteiger partial charge in [-0.05, 0) is 23.3 Å². The van der Waals surface area contributed by atoms with Crippen molar-refractivity contribution in [3.63, 3.8) is 0 Å². The van der Waals surface area contributed by atoms with E-state index in [9.17, 15) is 0 Å². The van der Waals surface area contributed by atoms with E-state index in [1.807, 2.05) is 0 Å². The Balaban J connectivity index is 2.06. The molecule has 0 bridgehead atoms. The van der Waals surface area contributed by atoms with Crippen LogP contribution in [0.4, 0.5) is 0 Å². The summed E-state index contributed by atoms with van der Waals surface area (Å²) in [5.41, 5.74) is 2.72. The quantitative estimate of drug-likeness (QED) is 0.629. The lowest BCUT2D eigenvalue weighted by Gasteiger charge is -2.06. The van der Waals surface area contributed by atoms with Crippen LogP contribution in [0.5, 0.6) is 0 Å². The Kier molecular flexibility index (Phi) is 1.38. The summed E-state index contributed by atoms with van der Waals surface area (Å²) in [5, 5.41) is 3.73. The van der Waals surface area contributed by atoms with Crippen LogP contribution in [0.1, 0.15) is 17.2 Å². The number of fused-ring (bicyclic) bond motifs is 3. The van der Waals surface area contributed by atoms with Crippen molar-refractivity contribution < 1.29 is 4.74 Å². The zero-order chi connectivity index (χ0) is 8.84. The molecule has 1 aliphatic carbocycles. The fraction of sp³-hybridized carbons (Fsp3) is 0.300. The van der Waals surface area contributed by atoms with Gasteiger partial charge in [-0.3, -0.25) is 0 Å². The number of ether oxygens (including phenoxy) is 1. The van der Waals surface area contributed by atoms with Crippen molar-refractivity contribution >= 4 is 17.4 Å². The molecule has 1 N–H and O–H groups in total. The summed E-state index contributed by atoms with van der Waals surface area (Å²) in [4.78, 5) is 0. The maximum atomic E-state index is 5.49. The lowest BCUT2D eigenvalue weighted by molar-refractivity contribution is 0.218. The molecule has 66 valence electrons. The molecule has 0 aromatic heterocycles. The van der Waals surface area contributed by atoms with Crippen LogP contribution >= 0.6 is 12.2 Å². The van der Waals surface area contributed by atoms with E-state index < -0.39 is 0 Å². The monoisotopic (exact) mass is 191 g/mol. The number of hydrogen-bond donors (Lipinski definition) is 1. The van der Waals surface area contributed by atoms with Gasteiger partial charge in [0.05, 0.1) is 6.04 Å². The third-order valence-electron chi connectivity index (χ3n) is 2.71. The van der Waals surface area contributed by atoms with Gasteiger partial charge < -0.3 is 10.1 Å². The van der Waals surface area contributed by atoms with E-state index in [1.165, 1.54) is 11.1 Å². The van der Waals surface area contributed by atoms with Gasteiger partial charge in [0.2, 0.25) is 0 Å². The van der Waals surface area contributed by atoms with Crippen molar-refractivity contribution in [1.82, 2.24) is 5.32 Å². The minimum Gasteiger partial charge on any atom is -0.465 e. The number of rotatable bonds is 0. The molecule has 1 saturated heterocycles. The van der Waals surface area contributed by atoms with Crippen molar-refractivity contribution in [1.29, 1.82) is 0 Å². The van der Waals surface area contributed by atoms with Gasteiger partial charge >= 0.3 is 0 Å². The summed E-state index contributed by atoms with van der Waals surface area (Å²) in [6.45, 7) is 0. The fourth-order valence-corrected chi connectivity index (χ4v) is 2.39. The summed E-state index contributed by atoms with van der Waals surface area (Å²) in [6.07, 6.45) is 1.21. The largest absolute Gasteiger partial charge is 0.465 e. The van der Waals surface area contributed by atoms with Crippen LogP contribution in [0, 0.1) is 0 Å². The molecule has 0 spiro atoms. The minimum atomic E-state index is 0.227. The molecule has 0 radical (unpaired) electrons. The SMILES string of the molecule is S=C1N[C@H]2c3ccccc3C[C@H]2O1. The average Bonchev–Trinajstić information content (AvgIpc) is 2.60. The summed E-state index contributed by atoms with van der Waals surface area (Å²) in [7, 11) is 0. The Bertz CT molecular complexity index is 377. The molecule has 1 fully saturated rings. The predicted octanol–water partition coefficient (Wildman–Crippen LogP) is 1.56. The smallest absolute Gasteiger partial charge is 0.257 e. The van der Waals surface area contributed by atoms with E-state index in [0.29, 0.717) is 11.2 Å². The molecular formula is C10H9NOS. The van der Waals surface area contributed by atoms with Crippen LogP contribution in [0.25, 0.3) is 0 Å². The zero-order valence-electron chi connectivity index (χ0n) is 6.99. The Hall–Kier alpha value is -1.09. The molecule has 3 rings (SSSR count). The van der Waals surface area contributed by atoms with Crippen LogP contribution in [-0.2, 0) is 11.2 Å². The van der Waals surface area contributed by atoms with Crippen molar-refractivity contribution in [2.75, 3.05) is 0 Å². The van der Waals surface area contributed by atoms with Gasteiger partial charge in [-0.2, -0.15) is 0 Å². The van der Waals surface area contributed by atoms with E-state index in [1.54, 1.807) is 0 Å². The third kappa shape index (κ3) is 0.968. The molecule has 1 aromatic carbocycles. The highest BCUT2D eigenvalue weighted by molar-refractivity contribution is 7.80. The topological polar surface area (TPSA) is 21.3 Å². The van der Waals surface area contributed by atoms with Crippen LogP contribution in [0.3, 0.4) is 0 Å². The molecule has 1 aliphatic heterocycles. The first-order valence-corrected chi connectivity index (χ1v) is 4.80. The lowest BCUT2D eigenvalue weighted by Crippen LogP contribution is -2.18. The van der Waals surface area contributed by atoms with Crippen LogP contribution < -0.4 is 5.32 Å². The molecule has 1 heterocycles. The van der Waals surface area contributed by atoms with Crippen molar-refractivity contribution in [2.45, 2.75) is 18.6 Å². The summed E-state index contributed by atoms with van der Waals surface area (Å²) < 4.78 is 5.49. The first-order chi connectivity index (χ1) is 6.34. The maximum Gasteiger partial charge on any atom is 0.257 e. The molecule has 2 aliphatic rings. The van der Waals surface area contributed by atoms with Gasteiger partial charge in [0, 0.05) is 6.42 Å². The standard InChI is InChI=1S/C10H9NOS/c13-10-11-9-7-4-2-1-3-6(7)5-8(9)12-10/h1-4,8-9H,5H2,(H,11,13)/t8-,9+/m1/s1. The Morgan fingerprint density at radius 3 is 3.15 bits per heavy atom. The second-order valence-corrected chi connectivity index (χ2v) is 3.84. The highest BCUT2D eigenvalue weighted by Gasteiger charge is 2.39. The Morgan fingerprint density at radius 1 is 1.38 bits per heavy atom.